The molecule has 3 unspecified atom stereocenters. The number of hydrogen-bond acceptors (Lipinski definition) is 6. The maximum atomic E-state index is 15.1. The zero-order valence-electron chi connectivity index (χ0n) is 17.2. The van der Waals surface area contributed by atoms with Gasteiger partial charge in [-0.1, -0.05) is 5.16 Å². The fraction of sp³-hybridized carbons (Fsp3) is 0.526. The van der Waals surface area contributed by atoms with Crippen molar-refractivity contribution >= 4 is 23.3 Å². The summed E-state index contributed by atoms with van der Waals surface area (Å²) in [7, 11) is 0. The van der Waals surface area contributed by atoms with E-state index in [-0.39, 0.29) is 42.3 Å². The number of rotatable bonds is 4. The van der Waals surface area contributed by atoms with Crippen LogP contribution in [0.15, 0.2) is 22.4 Å². The van der Waals surface area contributed by atoms with Crippen LogP contribution < -0.4 is 21.8 Å². The van der Waals surface area contributed by atoms with Crippen molar-refractivity contribution in [1.82, 2.24) is 10.2 Å². The number of anilines is 1. The molecule has 30 heavy (non-hydrogen) atoms. The van der Waals surface area contributed by atoms with Crippen molar-refractivity contribution in [2.24, 2.45) is 21.8 Å². The minimum atomic E-state index is -0.675. The van der Waals surface area contributed by atoms with Gasteiger partial charge < -0.3 is 31.5 Å². The number of carbonyl (C=O) groups excluding carboxylic acids is 1. The average Bonchev–Trinajstić information content (AvgIpc) is 3.16. The number of carbonyl (C=O) groups is 1. The largest absolute Gasteiger partial charge is 0.390 e. The normalized spacial score (nSPS) is 24.5. The highest BCUT2D eigenvalue weighted by molar-refractivity contribution is 6.01. The molecule has 0 bridgehead atoms. The van der Waals surface area contributed by atoms with E-state index in [1.165, 1.54) is 19.1 Å². The third kappa shape index (κ3) is 4.39. The van der Waals surface area contributed by atoms with Gasteiger partial charge in [-0.15, -0.1) is 5.10 Å². The first-order valence-electron chi connectivity index (χ1n) is 9.74. The predicted molar refractivity (Wildman–Crippen MR) is 110 cm³/mol. The van der Waals surface area contributed by atoms with Gasteiger partial charge in [0.2, 0.25) is 11.9 Å². The Balaban J connectivity index is 1.78. The van der Waals surface area contributed by atoms with E-state index in [9.17, 15) is 4.79 Å². The molecule has 3 rings (SSSR count). The van der Waals surface area contributed by atoms with Crippen molar-refractivity contribution in [1.29, 1.82) is 0 Å². The van der Waals surface area contributed by atoms with Crippen molar-refractivity contribution in [3.05, 3.63) is 29.3 Å². The quantitative estimate of drug-likeness (QED) is 0.283. The van der Waals surface area contributed by atoms with Gasteiger partial charge in [0.05, 0.1) is 12.3 Å². The summed E-state index contributed by atoms with van der Waals surface area (Å²) in [6.07, 6.45) is -0.0145. The molecule has 1 aromatic rings. The predicted octanol–water partition coefficient (Wildman–Crippen LogP) is 0.681. The molecule has 0 spiro atoms. The van der Waals surface area contributed by atoms with Crippen LogP contribution in [0.2, 0.25) is 0 Å². The monoisotopic (exact) mass is 423 g/mol. The Labute approximate surface area is 173 Å². The van der Waals surface area contributed by atoms with Crippen molar-refractivity contribution in [3.8, 4) is 0 Å². The maximum absolute atomic E-state index is 15.1. The van der Waals surface area contributed by atoms with Crippen LogP contribution in [-0.4, -0.2) is 60.3 Å². The number of nitrogens with one attached hydrogen (secondary N) is 1. The molecule has 1 saturated heterocycles. The summed E-state index contributed by atoms with van der Waals surface area (Å²) in [6.45, 7) is 6.27. The van der Waals surface area contributed by atoms with Crippen LogP contribution in [0.1, 0.15) is 32.8 Å². The van der Waals surface area contributed by atoms with Gasteiger partial charge in [-0.05, 0) is 26.0 Å². The van der Waals surface area contributed by atoms with E-state index in [0.717, 1.165) is 0 Å². The van der Waals surface area contributed by atoms with Crippen molar-refractivity contribution < 1.29 is 18.4 Å². The fourth-order valence-electron chi connectivity index (χ4n) is 3.98. The number of nitrogens with two attached hydrogens (primary N) is 2. The number of hydrazone groups is 1. The number of benzene rings is 1. The third-order valence-electron chi connectivity index (χ3n) is 5.30. The molecule has 11 heteroatoms. The lowest BCUT2D eigenvalue weighted by molar-refractivity contribution is -0.119. The van der Waals surface area contributed by atoms with Gasteiger partial charge in [0, 0.05) is 44.1 Å². The lowest BCUT2D eigenvalue weighted by Crippen LogP contribution is -2.60. The minimum absolute atomic E-state index is 0.0871. The molecule has 2 heterocycles. The highest BCUT2D eigenvalue weighted by atomic mass is 19.1. The smallest absolute Gasteiger partial charge is 0.217 e. The van der Waals surface area contributed by atoms with Gasteiger partial charge in [-0.3, -0.25) is 4.79 Å². The molecule has 1 aromatic carbocycles. The van der Waals surface area contributed by atoms with E-state index >= 15 is 8.78 Å². The zero-order valence-corrected chi connectivity index (χ0v) is 17.2. The minimum Gasteiger partial charge on any atom is -0.390 e. The molecule has 164 valence electrons. The first-order valence-corrected chi connectivity index (χ1v) is 9.74. The zero-order chi connectivity index (χ0) is 22.0. The van der Waals surface area contributed by atoms with E-state index in [1.807, 2.05) is 13.8 Å². The third-order valence-corrected chi connectivity index (χ3v) is 5.30. The maximum Gasteiger partial charge on any atom is 0.217 e. The Morgan fingerprint density at radius 1 is 1.30 bits per heavy atom. The molecule has 1 amide bonds. The summed E-state index contributed by atoms with van der Waals surface area (Å²) < 4.78 is 30.1. The van der Waals surface area contributed by atoms with Crippen molar-refractivity contribution in [2.75, 3.05) is 24.5 Å². The number of amides is 1. The van der Waals surface area contributed by atoms with E-state index in [4.69, 9.17) is 16.4 Å². The average molecular weight is 423 g/mol. The van der Waals surface area contributed by atoms with E-state index in [1.54, 1.807) is 9.80 Å². The van der Waals surface area contributed by atoms with Crippen LogP contribution in [0.5, 0.6) is 0 Å². The molecule has 2 aliphatic heterocycles. The molecule has 0 saturated carbocycles. The Morgan fingerprint density at radius 2 is 1.90 bits per heavy atom. The molecular formula is C19H27F2N7O2. The standard InChI is InChI=1S/C19H27F2N7O2/c1-10-8-27(19(22)25-23)9-11(2)28(10)18-15(20)4-13(5-16(18)21)17-6-14(30-26-17)7-24-12(3)29/h4-5,10-11,14H,6-9,23H2,1-3H3,(H2,22,25)(H,24,29). The van der Waals surface area contributed by atoms with Crippen LogP contribution >= 0.6 is 0 Å². The number of guanidine groups is 1. The molecule has 0 aromatic heterocycles. The molecule has 1 fully saturated rings. The first-order chi connectivity index (χ1) is 14.2. The van der Waals surface area contributed by atoms with Gasteiger partial charge >= 0.3 is 0 Å². The van der Waals surface area contributed by atoms with Gasteiger partial charge in [0.25, 0.3) is 0 Å². The summed E-state index contributed by atoms with van der Waals surface area (Å²) in [6, 6.07) is 2.09. The Morgan fingerprint density at radius 3 is 2.43 bits per heavy atom. The van der Waals surface area contributed by atoms with Crippen LogP contribution in [0.25, 0.3) is 0 Å². The number of hydrogen-bond donors (Lipinski definition) is 3. The number of oxime groups is 1. The summed E-state index contributed by atoms with van der Waals surface area (Å²) in [5.74, 6) is 3.91. The van der Waals surface area contributed by atoms with Gasteiger partial charge in [-0.25, -0.2) is 8.78 Å². The summed E-state index contributed by atoms with van der Waals surface area (Å²) in [4.78, 5) is 19.8. The second-order valence-corrected chi connectivity index (χ2v) is 7.69. The molecular weight excluding hydrogens is 396 g/mol. The van der Waals surface area contributed by atoms with Gasteiger partial charge in [0.1, 0.15) is 23.4 Å². The van der Waals surface area contributed by atoms with Crippen LogP contribution in [0.4, 0.5) is 14.5 Å². The number of nitrogens with zero attached hydrogens (tertiary/aromatic N) is 4. The second kappa shape index (κ2) is 8.72. The fourth-order valence-corrected chi connectivity index (χ4v) is 3.98. The molecule has 0 radical (unpaired) electrons. The number of halogens is 2. The SMILES string of the molecule is CC(=O)NCC1CC(c2cc(F)c(N3C(C)CN(/C(N)=N/N)CC3C)c(F)c2)=NO1. The second-order valence-electron chi connectivity index (χ2n) is 7.69. The molecule has 9 nitrogen and oxygen atoms in total. The Bertz CT molecular complexity index is 841. The Kier molecular flexibility index (Phi) is 6.28. The molecule has 2 aliphatic rings. The first kappa shape index (κ1) is 21.6. The van der Waals surface area contributed by atoms with E-state index < -0.39 is 11.6 Å². The highest BCUT2D eigenvalue weighted by Gasteiger charge is 2.34. The summed E-state index contributed by atoms with van der Waals surface area (Å²) in [5.41, 5.74) is 6.46. The highest BCUT2D eigenvalue weighted by Crippen LogP contribution is 2.32. The summed E-state index contributed by atoms with van der Waals surface area (Å²) >= 11 is 0. The van der Waals surface area contributed by atoms with Gasteiger partial charge in [0.15, 0.2) is 0 Å². The number of piperazine rings is 1. The van der Waals surface area contributed by atoms with Crippen molar-refractivity contribution in [3.63, 3.8) is 0 Å². The topological polar surface area (TPSA) is 122 Å². The van der Waals surface area contributed by atoms with Crippen molar-refractivity contribution in [2.45, 2.75) is 45.4 Å². The molecule has 3 atom stereocenters. The lowest BCUT2D eigenvalue weighted by Gasteiger charge is -2.46. The van der Waals surface area contributed by atoms with Crippen LogP contribution in [-0.2, 0) is 9.63 Å². The molecule has 0 aliphatic carbocycles. The van der Waals surface area contributed by atoms with Crippen LogP contribution in [0, 0.1) is 11.6 Å². The van der Waals surface area contributed by atoms with Crippen LogP contribution in [0.3, 0.4) is 0 Å². The van der Waals surface area contributed by atoms with E-state index in [2.05, 4.69) is 15.6 Å². The van der Waals surface area contributed by atoms with Gasteiger partial charge in [-0.2, -0.15) is 0 Å². The summed E-state index contributed by atoms with van der Waals surface area (Å²) in [5, 5.41) is 10.1. The lowest BCUT2D eigenvalue weighted by atomic mass is 10.0. The van der Waals surface area contributed by atoms with E-state index in [0.29, 0.717) is 30.8 Å². The molecule has 5 N–H and O–H groups in total. The Hall–Kier alpha value is -3.11.